The Morgan fingerprint density at radius 1 is 0.546 bits per heavy atom. The Labute approximate surface area is 760 Å². The van der Waals surface area contributed by atoms with E-state index in [1.165, 1.54) is 57.6 Å². The van der Waals surface area contributed by atoms with Crippen molar-refractivity contribution >= 4 is 134 Å². The molecule has 1 aliphatic heterocycles. The van der Waals surface area contributed by atoms with Gasteiger partial charge in [0, 0.05) is 56.4 Å². The number of guanidine groups is 1. The van der Waals surface area contributed by atoms with Gasteiger partial charge in [0.25, 0.3) is 0 Å². The van der Waals surface area contributed by atoms with Crippen LogP contribution in [0, 0.1) is 23.2 Å². The molecule has 3 aromatic rings. The van der Waals surface area contributed by atoms with Crippen molar-refractivity contribution < 1.29 is 102 Å². The van der Waals surface area contributed by atoms with E-state index in [9.17, 15) is 102 Å². The summed E-state index contributed by atoms with van der Waals surface area (Å²) in [7, 11) is 1.79. The Morgan fingerprint density at radius 3 is 1.64 bits per heavy atom. The minimum Gasteiger partial charge on any atom is -0.508 e. The highest BCUT2D eigenvalue weighted by Crippen LogP contribution is 2.24. The second-order valence-electron chi connectivity index (χ2n) is 32.4. The monoisotopic (exact) mass is 1860 g/mol. The Kier molecular flexibility index (Phi) is 47.6. The van der Waals surface area contributed by atoms with Crippen LogP contribution in [0.2, 0.25) is 0 Å². The summed E-state index contributed by atoms with van der Waals surface area (Å²) in [5.74, 6) is -20.6. The largest absolute Gasteiger partial charge is 0.508 e. The molecule has 0 bridgehead atoms. The number of primary amides is 3. The predicted octanol–water partition coefficient (Wildman–Crippen LogP) is -7.29. The van der Waals surface area contributed by atoms with Crippen molar-refractivity contribution in [2.24, 2.45) is 52.2 Å². The van der Waals surface area contributed by atoms with Crippen molar-refractivity contribution in [1.29, 1.82) is 5.41 Å². The number of H-pyrrole nitrogens is 1. The summed E-state index contributed by atoms with van der Waals surface area (Å²) >= 11 is 0. The fourth-order valence-corrected chi connectivity index (χ4v) is 15.3. The van der Waals surface area contributed by atoms with Crippen LogP contribution in [0.4, 0.5) is 0 Å². The molecule has 2 heterocycles. The lowest BCUT2D eigenvalue weighted by Crippen LogP contribution is -2.63. The predicted molar refractivity (Wildman–Crippen MR) is 478 cm³/mol. The molecule has 0 saturated carbocycles. The lowest BCUT2D eigenvalue weighted by Gasteiger charge is -2.30. The third-order valence-electron chi connectivity index (χ3n) is 20.6. The fraction of sp³-hybridized carbons (Fsp3) is 0.585. The molecule has 48 heteroatoms. The normalized spacial score (nSPS) is 19.0. The van der Waals surface area contributed by atoms with Gasteiger partial charge in [-0.25, -0.2) is 4.98 Å². The number of phenolic OH excluding ortho intramolecular Hbond substituents is 1. The molecule has 46 nitrogen and oxygen atoms in total. The summed E-state index contributed by atoms with van der Waals surface area (Å²) in [6, 6.07) is -9.00. The number of phenols is 1. The van der Waals surface area contributed by atoms with Gasteiger partial charge in [-0.05, 0) is 120 Å². The molecule has 18 amide bonds. The van der Waals surface area contributed by atoms with Gasteiger partial charge in [-0.15, -0.1) is 0 Å². The highest BCUT2D eigenvalue weighted by molar-refractivity contribution is 8.76. The molecule has 1 aromatic heterocycles. The summed E-state index contributed by atoms with van der Waals surface area (Å²) < 4.78 is 0. The number of aromatic hydroxyl groups is 1. The van der Waals surface area contributed by atoms with Crippen molar-refractivity contribution in [2.45, 2.75) is 255 Å². The van der Waals surface area contributed by atoms with Gasteiger partial charge in [-0.3, -0.25) is 91.7 Å². The Hall–Kier alpha value is -12.3. The van der Waals surface area contributed by atoms with E-state index in [1.54, 1.807) is 58.0 Å². The van der Waals surface area contributed by atoms with Gasteiger partial charge in [0.05, 0.1) is 36.8 Å². The number of nitrogens with two attached hydrogens (primary N) is 6. The molecule has 4 rings (SSSR count). The summed E-state index contributed by atoms with van der Waals surface area (Å²) in [5, 5.41) is 79.8. The zero-order valence-corrected chi connectivity index (χ0v) is 75.9. The first kappa shape index (κ1) is 110. The van der Waals surface area contributed by atoms with Gasteiger partial charge in [0.2, 0.25) is 106 Å². The van der Waals surface area contributed by atoms with Crippen LogP contribution in [-0.4, -0.2) is 272 Å². The number of nitrogens with one attached hydrogen (secondary N) is 18. The van der Waals surface area contributed by atoms with Crippen molar-refractivity contribution in [3.05, 3.63) is 83.9 Å². The standard InChI is InChI=1S/C82H129N25O21S2/c1-10-42(6)64(79(126)99-55(67(87)114)32-47-21-23-49(110)24-22-47)106-74(121)54(26-28-61(86)112)97-76(123)58(34-48-35-90-39-93-48)100-68(115)43(7)94-75(122)56(31-40(2)3)101-71(118)51(19-14-15-29-83)96-73(120)53(25-27-60(85)111)98-78(125)63(41(4)5)105-81(128)66(45(9)109)107-77(124)59-38-130-129-37-50(84)69(116)95-52(20-16-30-91-82(88)89)72(119)102-57(33-46-17-12-11-13-18-46)70(117)92-36-62(113)104-65(44(8)108)80(127)103-59/h11-13,17-18,21-24,35,39-45,50-59,63-66,108-110H,10,14-16,19-20,25-34,36-38,83-84H2,1-9H3,(H2,85,111)(H2,86,112)(H2,87,114)(H,90,93)(H,92,117)(H,94,122)(H,95,116)(H,96,120)(H,97,123)(H,98,125)(H,99,126)(H,100,115)(H,101,118)(H,102,119)(H,103,127)(H,104,113)(H,105,128)(H,106,121)(H,107,124)(H4,88,89,91)/t42-,43-,44+,45+,50-,51-,52-,53-,54-,55-,56-,57-,58-,59?,63-,64-,65-,66-/m0/s1. The van der Waals surface area contributed by atoms with E-state index in [4.69, 9.17) is 39.8 Å². The minimum atomic E-state index is -1.96. The molecule has 1 aliphatic rings. The Morgan fingerprint density at radius 2 is 1.08 bits per heavy atom. The fourth-order valence-electron chi connectivity index (χ4n) is 13.0. The summed E-state index contributed by atoms with van der Waals surface area (Å²) in [5.41, 5.74) is 35.7. The maximum atomic E-state index is 14.6. The van der Waals surface area contributed by atoms with Crippen molar-refractivity contribution in [3.8, 4) is 5.75 Å². The lowest BCUT2D eigenvalue weighted by molar-refractivity contribution is -0.138. The molecular weight excluding hydrogens is 1740 g/mol. The number of aromatic nitrogens is 2. The van der Waals surface area contributed by atoms with Gasteiger partial charge in [-0.2, -0.15) is 0 Å². The smallest absolute Gasteiger partial charge is 0.245 e. The van der Waals surface area contributed by atoms with Crippen LogP contribution in [0.25, 0.3) is 0 Å². The third-order valence-corrected chi connectivity index (χ3v) is 23.1. The van der Waals surface area contributed by atoms with Crippen LogP contribution in [0.5, 0.6) is 5.75 Å². The third kappa shape index (κ3) is 39.4. The maximum Gasteiger partial charge on any atom is 0.245 e. The SMILES string of the molecule is CC[C@H](C)[C@H](NC(=O)[C@H](CCC(N)=O)NC(=O)[C@H](Cc1c[nH]cn1)NC(=O)[C@H](C)NC(=O)[C@H](CC(C)C)NC(=O)[C@H](CCCCN)NC(=O)[C@H](CCC(N)=O)NC(=O)[C@@H](NC(=O)[C@@H](NC(=O)C1CSSC[C@H](N)C(=O)N[C@@H](CCCNC(=N)N)C(=O)N[C@@H](Cc2ccccc2)C(=O)NCC(=O)N[C@@H]([C@@H](C)O)C(=O)N1)[C@@H](C)O)C(C)C)C(=O)N[C@@H](Cc1ccc(O)cc1)C(N)=O. The van der Waals surface area contributed by atoms with E-state index >= 15 is 0 Å². The van der Waals surface area contributed by atoms with Gasteiger partial charge < -0.3 is 140 Å². The van der Waals surface area contributed by atoms with Crippen molar-refractivity contribution in [1.82, 2.24) is 95.0 Å². The van der Waals surface area contributed by atoms with Gasteiger partial charge in [-0.1, -0.05) is 112 Å². The highest BCUT2D eigenvalue weighted by Gasteiger charge is 2.41. The van der Waals surface area contributed by atoms with Crippen LogP contribution in [0.3, 0.4) is 0 Å². The molecule has 18 atom stereocenters. The van der Waals surface area contributed by atoms with E-state index in [0.717, 1.165) is 35.4 Å². The Bertz CT molecular complexity index is 4330. The molecular formula is C82H129N25O21S2. The van der Waals surface area contributed by atoms with Crippen LogP contribution < -0.4 is 119 Å². The first-order valence-corrected chi connectivity index (χ1v) is 45.1. The first-order valence-electron chi connectivity index (χ1n) is 42.6. The molecule has 0 spiro atoms. The second-order valence-corrected chi connectivity index (χ2v) is 35.0. The van der Waals surface area contributed by atoms with Gasteiger partial charge >= 0.3 is 0 Å². The highest BCUT2D eigenvalue weighted by atomic mass is 33.1. The van der Waals surface area contributed by atoms with Crippen LogP contribution in [0.15, 0.2) is 67.1 Å². The number of nitrogens with zero attached hydrogens (tertiary/aromatic N) is 1. The number of carbonyl (C=O) groups excluding carboxylic acids is 18. The molecule has 2 aromatic carbocycles. The number of amides is 18. The number of aliphatic hydroxyl groups excluding tert-OH is 2. The molecule has 1 saturated heterocycles. The minimum absolute atomic E-state index is 0.0508. The van der Waals surface area contributed by atoms with Gasteiger partial charge in [0.1, 0.15) is 90.3 Å². The van der Waals surface area contributed by atoms with Crippen molar-refractivity contribution in [3.63, 3.8) is 0 Å². The van der Waals surface area contributed by atoms with E-state index in [1.807, 2.05) is 0 Å². The number of carbonyl (C=O) groups is 18. The molecule has 0 aliphatic carbocycles. The van der Waals surface area contributed by atoms with Crippen LogP contribution in [0.1, 0.15) is 150 Å². The number of benzene rings is 2. The zero-order chi connectivity index (χ0) is 97.2. The van der Waals surface area contributed by atoms with Crippen LogP contribution in [-0.2, 0) is 106 Å². The summed E-state index contributed by atoms with van der Waals surface area (Å²) in [6.45, 7) is 12.6. The number of hydrogen-bond acceptors (Lipinski definition) is 27. The first-order chi connectivity index (χ1) is 61.3. The number of unbranched alkanes of at least 4 members (excludes halogenated alkanes) is 1. The quantitative estimate of drug-likeness (QED) is 0.0108. The van der Waals surface area contributed by atoms with E-state index in [0.29, 0.717) is 24.0 Å². The van der Waals surface area contributed by atoms with E-state index in [2.05, 4.69) is 95.0 Å². The van der Waals surface area contributed by atoms with Crippen molar-refractivity contribution in [2.75, 3.05) is 31.1 Å². The number of aromatic amines is 1. The zero-order valence-electron chi connectivity index (χ0n) is 74.3. The maximum absolute atomic E-state index is 14.6. The molecule has 130 heavy (non-hydrogen) atoms. The average Bonchev–Trinajstić information content (AvgIpc) is 0.895. The Balaban J connectivity index is 1.57. The molecule has 1 unspecified atom stereocenters. The van der Waals surface area contributed by atoms with E-state index < -0.39 is 259 Å². The molecule has 0 radical (unpaired) electrons. The summed E-state index contributed by atoms with van der Waals surface area (Å²) in [4.78, 5) is 258. The average molecular weight is 1870 g/mol. The van der Waals surface area contributed by atoms with Gasteiger partial charge in [0.15, 0.2) is 5.96 Å². The molecule has 720 valence electrons. The lowest BCUT2D eigenvalue weighted by atomic mass is 9.96. The summed E-state index contributed by atoms with van der Waals surface area (Å²) in [6.07, 6.45) is -2.57. The molecule has 33 N–H and O–H groups in total. The topological polar surface area (TPSA) is 769 Å². The van der Waals surface area contributed by atoms with Crippen LogP contribution >= 0.6 is 21.6 Å². The van der Waals surface area contributed by atoms with E-state index in [-0.39, 0.29) is 93.5 Å². The second kappa shape index (κ2) is 56.2. The number of rotatable bonds is 48. The molecule has 1 fully saturated rings. The number of imidazole rings is 1. The number of hydrogen-bond donors (Lipinski definition) is 27. The number of aliphatic hydroxyl groups is 2.